The highest BCUT2D eigenvalue weighted by Gasteiger charge is 2.05. The minimum Gasteiger partial charge on any atom is -0.348 e. The summed E-state index contributed by atoms with van der Waals surface area (Å²) in [4.78, 5) is 4.26. The van der Waals surface area contributed by atoms with Crippen LogP contribution >= 0.6 is 12.2 Å². The number of nitrogens with one attached hydrogen (secondary N) is 1. The van der Waals surface area contributed by atoms with E-state index in [-0.39, 0.29) is 4.84 Å². The molecule has 0 bridgehead atoms. The molecule has 0 aliphatic rings. The molecule has 0 spiro atoms. The van der Waals surface area contributed by atoms with Crippen molar-refractivity contribution in [1.82, 2.24) is 10.1 Å². The zero-order valence-electron chi connectivity index (χ0n) is 6.05. The molecule has 0 fully saturated rings. The summed E-state index contributed by atoms with van der Waals surface area (Å²) in [6.07, 6.45) is 1.04. The molecule has 0 aliphatic carbocycles. The fraction of sp³-hybridized carbons (Fsp3) is 0.667. The van der Waals surface area contributed by atoms with Crippen molar-refractivity contribution < 1.29 is 4.52 Å². The van der Waals surface area contributed by atoms with E-state index in [9.17, 15) is 0 Å². The van der Waals surface area contributed by atoms with Crippen molar-refractivity contribution in [2.45, 2.75) is 26.2 Å². The average molecular weight is 158 g/mol. The van der Waals surface area contributed by atoms with E-state index in [0.29, 0.717) is 5.92 Å². The van der Waals surface area contributed by atoms with Gasteiger partial charge in [0.25, 0.3) is 0 Å². The highest BCUT2D eigenvalue weighted by atomic mass is 32.1. The van der Waals surface area contributed by atoms with Gasteiger partial charge in [0.05, 0.1) is 0 Å². The number of aromatic amines is 1. The van der Waals surface area contributed by atoms with Crippen molar-refractivity contribution in [2.75, 3.05) is 0 Å². The van der Waals surface area contributed by atoms with Gasteiger partial charge in [0.1, 0.15) is 5.82 Å². The van der Waals surface area contributed by atoms with Gasteiger partial charge in [-0.05, 0) is 18.6 Å². The van der Waals surface area contributed by atoms with Crippen LogP contribution in [0.2, 0.25) is 0 Å². The molecular weight excluding hydrogens is 148 g/mol. The van der Waals surface area contributed by atoms with Gasteiger partial charge in [0.15, 0.2) is 0 Å². The van der Waals surface area contributed by atoms with E-state index in [4.69, 9.17) is 16.7 Å². The summed E-state index contributed by atoms with van der Waals surface area (Å²) in [5, 5.41) is 2.67. The maximum Gasteiger partial charge on any atom is 0.314 e. The smallest absolute Gasteiger partial charge is 0.314 e. The first-order chi connectivity index (χ1) is 4.74. The highest BCUT2D eigenvalue weighted by molar-refractivity contribution is 7.71. The monoisotopic (exact) mass is 158 g/mol. The Balaban J connectivity index is 2.84. The number of hydrogen-bond donors (Lipinski definition) is 1. The zero-order chi connectivity index (χ0) is 7.56. The van der Waals surface area contributed by atoms with E-state index >= 15 is 0 Å². The average Bonchev–Trinajstić information content (AvgIpc) is 2.34. The van der Waals surface area contributed by atoms with Gasteiger partial charge < -0.3 is 4.52 Å². The third kappa shape index (κ3) is 1.44. The lowest BCUT2D eigenvalue weighted by atomic mass is 10.1. The molecular formula is C6H10N2OS. The van der Waals surface area contributed by atoms with Crippen LogP contribution in [0.1, 0.15) is 32.0 Å². The van der Waals surface area contributed by atoms with Crippen LogP contribution in [0.3, 0.4) is 0 Å². The Labute approximate surface area is 64.4 Å². The first-order valence-corrected chi connectivity index (χ1v) is 3.70. The number of H-pyrrole nitrogens is 1. The summed E-state index contributed by atoms with van der Waals surface area (Å²) in [7, 11) is 0. The van der Waals surface area contributed by atoms with Gasteiger partial charge in [-0.15, -0.1) is 0 Å². The first kappa shape index (κ1) is 7.47. The Morgan fingerprint density at radius 3 is 2.90 bits per heavy atom. The molecule has 1 aromatic rings. The van der Waals surface area contributed by atoms with Crippen LogP contribution in [0.4, 0.5) is 0 Å². The Morgan fingerprint density at radius 1 is 1.80 bits per heavy atom. The standard InChI is InChI=1S/C6H10N2OS/c1-3-4(2)5-7-6(10)9-8-5/h4H,3H2,1-2H3,(H,7,8,10)/t4-/m0/s1. The summed E-state index contributed by atoms with van der Waals surface area (Å²) in [5.41, 5.74) is 0. The molecule has 0 radical (unpaired) electrons. The first-order valence-electron chi connectivity index (χ1n) is 3.29. The molecule has 0 saturated heterocycles. The molecule has 1 aromatic heterocycles. The molecule has 56 valence electrons. The topological polar surface area (TPSA) is 41.8 Å². The molecule has 10 heavy (non-hydrogen) atoms. The quantitative estimate of drug-likeness (QED) is 0.671. The van der Waals surface area contributed by atoms with E-state index < -0.39 is 0 Å². The lowest BCUT2D eigenvalue weighted by Crippen LogP contribution is -1.92. The molecule has 0 aliphatic heterocycles. The van der Waals surface area contributed by atoms with Gasteiger partial charge in [0.2, 0.25) is 0 Å². The van der Waals surface area contributed by atoms with Crippen molar-refractivity contribution in [2.24, 2.45) is 0 Å². The lowest BCUT2D eigenvalue weighted by molar-refractivity contribution is 0.394. The van der Waals surface area contributed by atoms with E-state index in [2.05, 4.69) is 24.0 Å². The second-order valence-corrected chi connectivity index (χ2v) is 2.63. The summed E-state index contributed by atoms with van der Waals surface area (Å²) in [6.45, 7) is 4.17. The molecule has 0 saturated carbocycles. The lowest BCUT2D eigenvalue weighted by Gasteiger charge is -1.99. The minimum atomic E-state index is 0.287. The molecule has 1 N–H and O–H groups in total. The third-order valence-electron chi connectivity index (χ3n) is 1.53. The Kier molecular flexibility index (Phi) is 2.21. The molecule has 3 nitrogen and oxygen atoms in total. The van der Waals surface area contributed by atoms with Crippen LogP contribution in [-0.4, -0.2) is 10.1 Å². The highest BCUT2D eigenvalue weighted by Crippen LogP contribution is 2.12. The van der Waals surface area contributed by atoms with Crippen LogP contribution in [0.5, 0.6) is 0 Å². The van der Waals surface area contributed by atoms with Crippen LogP contribution in [-0.2, 0) is 0 Å². The number of aromatic nitrogens is 2. The van der Waals surface area contributed by atoms with Gasteiger partial charge in [-0.1, -0.05) is 13.8 Å². The van der Waals surface area contributed by atoms with Crippen LogP contribution in [0, 0.1) is 4.84 Å². The van der Waals surface area contributed by atoms with Gasteiger partial charge >= 0.3 is 4.84 Å². The fourth-order valence-electron chi connectivity index (χ4n) is 0.644. The van der Waals surface area contributed by atoms with Crippen LogP contribution in [0.25, 0.3) is 0 Å². The van der Waals surface area contributed by atoms with E-state index in [1.807, 2.05) is 0 Å². The van der Waals surface area contributed by atoms with Crippen LogP contribution in [0.15, 0.2) is 4.52 Å². The largest absolute Gasteiger partial charge is 0.348 e. The Hall–Kier alpha value is -0.640. The molecule has 0 aromatic carbocycles. The minimum absolute atomic E-state index is 0.287. The predicted octanol–water partition coefficient (Wildman–Crippen LogP) is 2.25. The van der Waals surface area contributed by atoms with Crippen molar-refractivity contribution in [3.05, 3.63) is 10.7 Å². The fourth-order valence-corrected chi connectivity index (χ4v) is 0.784. The summed E-state index contributed by atoms with van der Waals surface area (Å²) >= 11 is 4.69. The maximum absolute atomic E-state index is 4.77. The molecule has 0 unspecified atom stereocenters. The SMILES string of the molecule is CC[C@H](C)c1nc(=S)o[nH]1. The second-order valence-electron chi connectivity index (χ2n) is 2.28. The van der Waals surface area contributed by atoms with E-state index in [1.165, 1.54) is 0 Å². The Morgan fingerprint density at radius 2 is 2.50 bits per heavy atom. The third-order valence-corrected chi connectivity index (χ3v) is 1.71. The van der Waals surface area contributed by atoms with Crippen molar-refractivity contribution >= 4 is 12.2 Å². The summed E-state index contributed by atoms with van der Waals surface area (Å²) in [6, 6.07) is 0. The normalized spacial score (nSPS) is 13.4. The predicted molar refractivity (Wildman–Crippen MR) is 40.4 cm³/mol. The maximum atomic E-state index is 4.77. The van der Waals surface area contributed by atoms with Crippen molar-refractivity contribution in [3.8, 4) is 0 Å². The Bertz CT molecular complexity index is 252. The number of nitrogens with zero attached hydrogens (tertiary/aromatic N) is 1. The van der Waals surface area contributed by atoms with Gasteiger partial charge in [0, 0.05) is 5.92 Å². The van der Waals surface area contributed by atoms with Gasteiger partial charge in [-0.25, -0.2) is 5.16 Å². The summed E-state index contributed by atoms with van der Waals surface area (Å²) in [5.74, 6) is 1.24. The molecule has 4 heteroatoms. The van der Waals surface area contributed by atoms with Crippen molar-refractivity contribution in [1.29, 1.82) is 0 Å². The van der Waals surface area contributed by atoms with Gasteiger partial charge in [-0.2, -0.15) is 4.98 Å². The van der Waals surface area contributed by atoms with Crippen molar-refractivity contribution in [3.63, 3.8) is 0 Å². The molecule has 1 heterocycles. The molecule has 1 rings (SSSR count). The second kappa shape index (κ2) is 2.96. The van der Waals surface area contributed by atoms with Gasteiger partial charge in [-0.3, -0.25) is 0 Å². The zero-order valence-corrected chi connectivity index (χ0v) is 6.86. The summed E-state index contributed by atoms with van der Waals surface area (Å²) < 4.78 is 4.77. The molecule has 0 amide bonds. The number of rotatable bonds is 2. The van der Waals surface area contributed by atoms with E-state index in [0.717, 1.165) is 12.2 Å². The van der Waals surface area contributed by atoms with E-state index in [1.54, 1.807) is 0 Å². The molecule has 1 atom stereocenters. The van der Waals surface area contributed by atoms with Crippen LogP contribution < -0.4 is 0 Å². The number of hydrogen-bond acceptors (Lipinski definition) is 3.